The quantitative estimate of drug-likeness (QED) is 0.736. The first-order valence-corrected chi connectivity index (χ1v) is 11.0. The van der Waals surface area contributed by atoms with Gasteiger partial charge in [-0.15, -0.1) is 0 Å². The fraction of sp³-hybridized carbons (Fsp3) is 0.682. The van der Waals surface area contributed by atoms with Crippen LogP contribution in [0, 0.1) is 5.82 Å². The number of nitrogens with one attached hydrogen (secondary N) is 1. The molecule has 0 aromatic carbocycles. The van der Waals surface area contributed by atoms with Crippen molar-refractivity contribution in [2.75, 3.05) is 31.6 Å². The highest BCUT2D eigenvalue weighted by Gasteiger charge is 2.36. The Morgan fingerprint density at radius 1 is 1.25 bits per heavy atom. The summed E-state index contributed by atoms with van der Waals surface area (Å²) < 4.78 is 39.2. The molecule has 2 fully saturated rings. The number of piperidine rings is 1. The molecule has 0 radical (unpaired) electrons. The first-order chi connectivity index (χ1) is 15.1. The molecule has 1 N–H and O–H groups in total. The summed E-state index contributed by atoms with van der Waals surface area (Å²) in [6, 6.07) is 0.603. The van der Waals surface area contributed by atoms with Gasteiger partial charge >= 0.3 is 6.09 Å². The minimum atomic E-state index is -1.02. The van der Waals surface area contributed by atoms with E-state index in [9.17, 15) is 18.4 Å². The largest absolute Gasteiger partial charge is 0.481 e. The van der Waals surface area contributed by atoms with E-state index in [1.165, 1.54) is 18.1 Å². The number of ether oxygens (including phenoxy) is 2. The summed E-state index contributed by atoms with van der Waals surface area (Å²) in [5, 5.41) is 2.75. The molecule has 2 amide bonds. The third-order valence-corrected chi connectivity index (χ3v) is 5.49. The number of hydrogen-bond acceptors (Lipinski definition) is 6. The summed E-state index contributed by atoms with van der Waals surface area (Å²) in [6.45, 7) is 6.34. The second-order valence-electron chi connectivity index (χ2n) is 9.20. The maximum atomic E-state index is 14.8. The van der Waals surface area contributed by atoms with Crippen LogP contribution < -0.4 is 15.0 Å². The molecule has 0 aliphatic carbocycles. The molecule has 2 aliphatic rings. The number of nitrogens with zero attached hydrogens (tertiary/aromatic N) is 3. The standard InChI is InChI=1S/C22H32F2N4O4/c1-22(2,3)32-21(30)28-10-6-8-17(28)19(29)25-12-14-11-16(24)18(26-20(14)31-4)27-9-5-7-15(23)13-27/h11,15,17H,5-10,12-13H2,1-4H3,(H,25,29). The van der Waals surface area contributed by atoms with Crippen LogP contribution in [-0.4, -0.2) is 66.4 Å². The van der Waals surface area contributed by atoms with Crippen molar-refractivity contribution in [3.63, 3.8) is 0 Å². The lowest BCUT2D eigenvalue weighted by molar-refractivity contribution is -0.125. The highest BCUT2D eigenvalue weighted by molar-refractivity contribution is 5.86. The van der Waals surface area contributed by atoms with Crippen molar-refractivity contribution in [3.05, 3.63) is 17.4 Å². The molecule has 8 nitrogen and oxygen atoms in total. The SMILES string of the molecule is COc1nc(N2CCCC(F)C2)c(F)cc1CNC(=O)C1CCCN1C(=O)OC(C)(C)C. The van der Waals surface area contributed by atoms with Gasteiger partial charge in [-0.1, -0.05) is 0 Å². The van der Waals surface area contributed by atoms with Gasteiger partial charge in [-0.05, 0) is 52.5 Å². The van der Waals surface area contributed by atoms with E-state index >= 15 is 0 Å². The predicted molar refractivity (Wildman–Crippen MR) is 115 cm³/mol. The van der Waals surface area contributed by atoms with Crippen molar-refractivity contribution in [2.45, 2.75) is 70.8 Å². The van der Waals surface area contributed by atoms with Crippen molar-refractivity contribution in [1.29, 1.82) is 0 Å². The zero-order valence-electron chi connectivity index (χ0n) is 19.1. The lowest BCUT2D eigenvalue weighted by atomic mass is 10.1. The Hall–Kier alpha value is -2.65. The number of carbonyl (C=O) groups is 2. The number of methoxy groups -OCH3 is 1. The molecule has 0 saturated carbocycles. The van der Waals surface area contributed by atoms with E-state index in [2.05, 4.69) is 10.3 Å². The minimum absolute atomic E-state index is 0.0173. The number of pyridine rings is 1. The Balaban J connectivity index is 1.67. The molecule has 2 saturated heterocycles. The Kier molecular flexibility index (Phi) is 7.40. The van der Waals surface area contributed by atoms with Gasteiger partial charge in [-0.25, -0.2) is 13.6 Å². The second kappa shape index (κ2) is 9.87. The summed E-state index contributed by atoms with van der Waals surface area (Å²) in [6.07, 6.45) is 0.745. The Morgan fingerprint density at radius 3 is 2.62 bits per heavy atom. The van der Waals surface area contributed by atoms with E-state index in [1.807, 2.05) is 0 Å². The third kappa shape index (κ3) is 5.77. The van der Waals surface area contributed by atoms with Crippen LogP contribution in [0.25, 0.3) is 0 Å². The van der Waals surface area contributed by atoms with Crippen LogP contribution in [0.2, 0.25) is 0 Å². The molecule has 2 atom stereocenters. The number of carbonyl (C=O) groups excluding carboxylic acids is 2. The van der Waals surface area contributed by atoms with Crippen LogP contribution in [0.4, 0.5) is 19.4 Å². The molecular formula is C22H32F2N4O4. The van der Waals surface area contributed by atoms with E-state index in [4.69, 9.17) is 9.47 Å². The summed E-state index contributed by atoms with van der Waals surface area (Å²) in [7, 11) is 1.41. The van der Waals surface area contributed by atoms with Gasteiger partial charge in [0.25, 0.3) is 0 Å². The second-order valence-corrected chi connectivity index (χ2v) is 9.20. The average Bonchev–Trinajstić information content (AvgIpc) is 3.21. The van der Waals surface area contributed by atoms with Crippen molar-refractivity contribution in [1.82, 2.24) is 15.2 Å². The van der Waals surface area contributed by atoms with Crippen molar-refractivity contribution >= 4 is 17.8 Å². The van der Waals surface area contributed by atoms with E-state index in [0.717, 1.165) is 0 Å². The topological polar surface area (TPSA) is 84.0 Å². The summed E-state index contributed by atoms with van der Waals surface area (Å²) in [5.41, 5.74) is -0.298. The molecule has 2 aliphatic heterocycles. The average molecular weight is 455 g/mol. The van der Waals surface area contributed by atoms with E-state index < -0.39 is 29.7 Å². The zero-order chi connectivity index (χ0) is 23.5. The van der Waals surface area contributed by atoms with Crippen LogP contribution in [0.5, 0.6) is 5.88 Å². The summed E-state index contributed by atoms with van der Waals surface area (Å²) in [4.78, 5) is 32.4. The fourth-order valence-corrected chi connectivity index (χ4v) is 4.02. The van der Waals surface area contributed by atoms with Gasteiger partial charge in [0.1, 0.15) is 17.8 Å². The highest BCUT2D eigenvalue weighted by atomic mass is 19.1. The predicted octanol–water partition coefficient (Wildman–Crippen LogP) is 3.18. The minimum Gasteiger partial charge on any atom is -0.481 e. The van der Waals surface area contributed by atoms with Crippen molar-refractivity contribution in [2.24, 2.45) is 0 Å². The molecule has 178 valence electrons. The molecule has 32 heavy (non-hydrogen) atoms. The van der Waals surface area contributed by atoms with Crippen molar-refractivity contribution < 1.29 is 27.8 Å². The molecular weight excluding hydrogens is 422 g/mol. The molecule has 10 heteroatoms. The maximum absolute atomic E-state index is 14.8. The molecule has 2 unspecified atom stereocenters. The summed E-state index contributed by atoms with van der Waals surface area (Å²) in [5.74, 6) is -0.735. The van der Waals surface area contributed by atoms with Crippen LogP contribution in [0.1, 0.15) is 52.0 Å². The van der Waals surface area contributed by atoms with E-state index in [-0.39, 0.29) is 30.7 Å². The van der Waals surface area contributed by atoms with Crippen LogP contribution in [-0.2, 0) is 16.1 Å². The fourth-order valence-electron chi connectivity index (χ4n) is 4.02. The Labute approximate surface area is 187 Å². The third-order valence-electron chi connectivity index (χ3n) is 5.49. The van der Waals surface area contributed by atoms with Crippen molar-refractivity contribution in [3.8, 4) is 5.88 Å². The molecule has 0 spiro atoms. The van der Waals surface area contributed by atoms with Crippen LogP contribution in [0.15, 0.2) is 6.07 Å². The van der Waals surface area contributed by atoms with Crippen LogP contribution in [0.3, 0.4) is 0 Å². The van der Waals surface area contributed by atoms with Gasteiger partial charge in [0, 0.05) is 25.2 Å². The van der Waals surface area contributed by atoms with Gasteiger partial charge in [0.15, 0.2) is 11.6 Å². The number of amides is 2. The molecule has 0 bridgehead atoms. The van der Waals surface area contributed by atoms with Gasteiger partial charge in [0.2, 0.25) is 11.8 Å². The Morgan fingerprint density at radius 2 is 1.97 bits per heavy atom. The Bertz CT molecular complexity index is 846. The number of rotatable bonds is 5. The maximum Gasteiger partial charge on any atom is 0.410 e. The summed E-state index contributed by atoms with van der Waals surface area (Å²) >= 11 is 0. The number of anilines is 1. The molecule has 3 rings (SSSR count). The highest BCUT2D eigenvalue weighted by Crippen LogP contribution is 2.28. The lowest BCUT2D eigenvalue weighted by Gasteiger charge is -2.30. The number of alkyl halides is 1. The normalized spacial score (nSPS) is 21.4. The van der Waals surface area contributed by atoms with Gasteiger partial charge < -0.3 is 19.7 Å². The first kappa shape index (κ1) is 24.0. The van der Waals surface area contributed by atoms with Crippen LogP contribution >= 0.6 is 0 Å². The molecule has 3 heterocycles. The number of likely N-dealkylation sites (tertiary alicyclic amines) is 1. The molecule has 1 aromatic heterocycles. The number of halogens is 2. The zero-order valence-corrected chi connectivity index (χ0v) is 19.1. The molecule has 1 aromatic rings. The number of hydrogen-bond donors (Lipinski definition) is 1. The van der Waals surface area contributed by atoms with Gasteiger partial charge in [-0.2, -0.15) is 4.98 Å². The first-order valence-electron chi connectivity index (χ1n) is 11.0. The lowest BCUT2D eigenvalue weighted by Crippen LogP contribution is -2.47. The smallest absolute Gasteiger partial charge is 0.410 e. The number of aromatic nitrogens is 1. The van der Waals surface area contributed by atoms with E-state index in [1.54, 1.807) is 25.7 Å². The van der Waals surface area contributed by atoms with Gasteiger partial charge in [0.05, 0.1) is 13.7 Å². The monoisotopic (exact) mass is 454 g/mol. The van der Waals surface area contributed by atoms with Gasteiger partial charge in [-0.3, -0.25) is 9.69 Å². The van der Waals surface area contributed by atoms with E-state index in [0.29, 0.717) is 44.3 Å².